The highest BCUT2D eigenvalue weighted by Crippen LogP contribution is 2.34. The van der Waals surface area contributed by atoms with Crippen molar-refractivity contribution in [3.8, 4) is 0 Å². The Balaban J connectivity index is 1.77. The van der Waals surface area contributed by atoms with E-state index in [1.165, 1.54) is 11.3 Å². The molecule has 3 rings (SSSR count). The zero-order valence-corrected chi connectivity index (χ0v) is 12.0. The van der Waals surface area contributed by atoms with Crippen LogP contribution in [0.4, 0.5) is 5.69 Å². The number of carbonyl (C=O) groups is 1. The lowest BCUT2D eigenvalue weighted by atomic mass is 9.94. The zero-order chi connectivity index (χ0) is 13.6. The fraction of sp³-hybridized carbons (Fsp3) is 0.562. The number of fused-ring (bicyclic) bond motifs is 3. The molecule has 2 heterocycles. The number of nitrogens with zero attached hydrogens (tertiary/aromatic N) is 2. The number of hydrogen-bond acceptors (Lipinski definition) is 2. The zero-order valence-electron chi connectivity index (χ0n) is 12.0. The fourth-order valence-electron chi connectivity index (χ4n) is 3.22. The van der Waals surface area contributed by atoms with Gasteiger partial charge in [0.05, 0.1) is 6.04 Å². The maximum Gasteiger partial charge on any atom is 0.228 e. The predicted octanol–water partition coefficient (Wildman–Crippen LogP) is 2.31. The molecule has 1 saturated heterocycles. The van der Waals surface area contributed by atoms with Crippen LogP contribution < -0.4 is 4.90 Å². The van der Waals surface area contributed by atoms with Crippen molar-refractivity contribution in [2.75, 3.05) is 24.5 Å². The Bertz CT molecular complexity index is 504. The van der Waals surface area contributed by atoms with Crippen LogP contribution in [0.1, 0.15) is 26.3 Å². The third kappa shape index (κ3) is 2.11. The molecule has 2 aliphatic rings. The van der Waals surface area contributed by atoms with Crippen LogP contribution in [-0.4, -0.2) is 36.5 Å². The first-order chi connectivity index (χ1) is 8.97. The minimum Gasteiger partial charge on any atom is -0.364 e. The van der Waals surface area contributed by atoms with Crippen molar-refractivity contribution in [1.29, 1.82) is 0 Å². The summed E-state index contributed by atoms with van der Waals surface area (Å²) in [6.45, 7) is 8.69. The summed E-state index contributed by atoms with van der Waals surface area (Å²) in [5, 5.41) is 0. The summed E-state index contributed by atoms with van der Waals surface area (Å²) in [5.74, 6) is 0.281. The Morgan fingerprint density at radius 3 is 2.68 bits per heavy atom. The number of para-hydroxylation sites is 1. The number of amides is 1. The number of rotatable bonds is 0. The lowest BCUT2D eigenvalue weighted by molar-refractivity contribution is -0.140. The van der Waals surface area contributed by atoms with Crippen molar-refractivity contribution in [1.82, 2.24) is 4.90 Å². The Morgan fingerprint density at radius 2 is 1.95 bits per heavy atom. The van der Waals surface area contributed by atoms with Crippen molar-refractivity contribution in [3.05, 3.63) is 29.8 Å². The van der Waals surface area contributed by atoms with Crippen LogP contribution >= 0.6 is 0 Å². The smallest absolute Gasteiger partial charge is 0.228 e. The van der Waals surface area contributed by atoms with E-state index in [1.54, 1.807) is 0 Å². The van der Waals surface area contributed by atoms with Gasteiger partial charge in [0.1, 0.15) is 0 Å². The summed E-state index contributed by atoms with van der Waals surface area (Å²) in [7, 11) is 0. The topological polar surface area (TPSA) is 23.6 Å². The molecule has 19 heavy (non-hydrogen) atoms. The third-order valence-corrected chi connectivity index (χ3v) is 4.17. The highest BCUT2D eigenvalue weighted by Gasteiger charge is 2.37. The highest BCUT2D eigenvalue weighted by molar-refractivity contribution is 5.82. The lowest BCUT2D eigenvalue weighted by Crippen LogP contribution is -2.55. The molecule has 0 bridgehead atoms. The Morgan fingerprint density at radius 1 is 1.21 bits per heavy atom. The molecular formula is C16H22N2O. The summed E-state index contributed by atoms with van der Waals surface area (Å²) in [5.41, 5.74) is 2.53. The molecule has 0 radical (unpaired) electrons. The van der Waals surface area contributed by atoms with Gasteiger partial charge in [-0.2, -0.15) is 0 Å². The van der Waals surface area contributed by atoms with Gasteiger partial charge in [0.25, 0.3) is 0 Å². The third-order valence-electron chi connectivity index (χ3n) is 4.17. The predicted molar refractivity (Wildman–Crippen MR) is 77.3 cm³/mol. The van der Waals surface area contributed by atoms with Gasteiger partial charge in [0.15, 0.2) is 0 Å². The molecule has 0 saturated carbocycles. The summed E-state index contributed by atoms with van der Waals surface area (Å²) in [6, 6.07) is 9.10. The standard InChI is InChI=1S/C16H22N2O/c1-16(2,3)15(19)17-8-9-18-13(11-17)10-12-6-4-5-7-14(12)18/h4-7,13H,8-11H2,1-3H3. The normalized spacial score (nSPS) is 22.2. The molecule has 1 fully saturated rings. The Hall–Kier alpha value is -1.51. The van der Waals surface area contributed by atoms with Crippen LogP contribution in [0, 0.1) is 5.41 Å². The van der Waals surface area contributed by atoms with Crippen LogP contribution in [0.5, 0.6) is 0 Å². The largest absolute Gasteiger partial charge is 0.364 e. The van der Waals surface area contributed by atoms with Gasteiger partial charge in [0, 0.05) is 30.7 Å². The minimum atomic E-state index is -0.270. The van der Waals surface area contributed by atoms with Gasteiger partial charge in [-0.15, -0.1) is 0 Å². The van der Waals surface area contributed by atoms with Crippen molar-refractivity contribution in [3.63, 3.8) is 0 Å². The van der Waals surface area contributed by atoms with Gasteiger partial charge in [0.2, 0.25) is 5.91 Å². The van der Waals surface area contributed by atoms with Crippen molar-refractivity contribution in [2.24, 2.45) is 5.41 Å². The number of hydrogen-bond donors (Lipinski definition) is 0. The van der Waals surface area contributed by atoms with Crippen molar-refractivity contribution >= 4 is 11.6 Å². The maximum absolute atomic E-state index is 12.4. The molecule has 102 valence electrons. The van der Waals surface area contributed by atoms with Crippen LogP contribution in [0.25, 0.3) is 0 Å². The van der Waals surface area contributed by atoms with Gasteiger partial charge in [-0.25, -0.2) is 0 Å². The van der Waals surface area contributed by atoms with Crippen LogP contribution in [0.15, 0.2) is 24.3 Å². The Kier molecular flexibility index (Phi) is 2.80. The molecule has 1 aromatic carbocycles. The molecule has 1 unspecified atom stereocenters. The maximum atomic E-state index is 12.4. The minimum absolute atomic E-state index is 0.270. The van der Waals surface area contributed by atoms with Gasteiger partial charge in [-0.05, 0) is 18.1 Å². The summed E-state index contributed by atoms with van der Waals surface area (Å²) >= 11 is 0. The number of piperazine rings is 1. The monoisotopic (exact) mass is 258 g/mol. The highest BCUT2D eigenvalue weighted by atomic mass is 16.2. The first-order valence-electron chi connectivity index (χ1n) is 7.11. The summed E-state index contributed by atoms with van der Waals surface area (Å²) in [6.07, 6.45) is 1.07. The molecule has 1 atom stereocenters. The van der Waals surface area contributed by atoms with E-state index >= 15 is 0 Å². The molecule has 1 aromatic rings. The number of benzene rings is 1. The first-order valence-corrected chi connectivity index (χ1v) is 7.11. The van der Waals surface area contributed by atoms with E-state index in [4.69, 9.17) is 0 Å². The molecule has 0 N–H and O–H groups in total. The van der Waals surface area contributed by atoms with E-state index in [1.807, 2.05) is 25.7 Å². The quantitative estimate of drug-likeness (QED) is 0.713. The molecule has 3 heteroatoms. The second-order valence-electron chi connectivity index (χ2n) is 6.68. The summed E-state index contributed by atoms with van der Waals surface area (Å²) < 4.78 is 0. The van der Waals surface area contributed by atoms with Gasteiger partial charge >= 0.3 is 0 Å². The van der Waals surface area contributed by atoms with Gasteiger partial charge < -0.3 is 9.80 Å². The van der Waals surface area contributed by atoms with E-state index < -0.39 is 0 Å². The van der Waals surface area contributed by atoms with E-state index in [0.29, 0.717) is 6.04 Å². The lowest BCUT2D eigenvalue weighted by Gasteiger charge is -2.41. The second kappa shape index (κ2) is 4.26. The van der Waals surface area contributed by atoms with Crippen LogP contribution in [0.2, 0.25) is 0 Å². The molecule has 0 spiro atoms. The molecule has 1 amide bonds. The number of carbonyl (C=O) groups excluding carboxylic acids is 1. The molecule has 0 aromatic heterocycles. The summed E-state index contributed by atoms with van der Waals surface area (Å²) in [4.78, 5) is 16.9. The number of anilines is 1. The van der Waals surface area contributed by atoms with E-state index in [0.717, 1.165) is 26.1 Å². The molecule has 0 aliphatic carbocycles. The second-order valence-corrected chi connectivity index (χ2v) is 6.68. The van der Waals surface area contributed by atoms with Crippen LogP contribution in [-0.2, 0) is 11.2 Å². The molecule has 2 aliphatic heterocycles. The SMILES string of the molecule is CC(C)(C)C(=O)N1CCN2c3ccccc3CC2C1. The van der Waals surface area contributed by atoms with E-state index in [2.05, 4.69) is 29.2 Å². The molecule has 3 nitrogen and oxygen atoms in total. The van der Waals surface area contributed by atoms with Crippen molar-refractivity contribution in [2.45, 2.75) is 33.2 Å². The fourth-order valence-corrected chi connectivity index (χ4v) is 3.22. The Labute approximate surface area is 115 Å². The average Bonchev–Trinajstić information content (AvgIpc) is 2.74. The van der Waals surface area contributed by atoms with Gasteiger partial charge in [-0.1, -0.05) is 39.0 Å². The van der Waals surface area contributed by atoms with Crippen molar-refractivity contribution < 1.29 is 4.79 Å². The van der Waals surface area contributed by atoms with E-state index in [9.17, 15) is 4.79 Å². The molecular weight excluding hydrogens is 236 g/mol. The van der Waals surface area contributed by atoms with Crippen LogP contribution in [0.3, 0.4) is 0 Å². The van der Waals surface area contributed by atoms with Gasteiger partial charge in [-0.3, -0.25) is 4.79 Å². The van der Waals surface area contributed by atoms with E-state index in [-0.39, 0.29) is 11.3 Å². The first kappa shape index (κ1) is 12.5. The average molecular weight is 258 g/mol.